The van der Waals surface area contributed by atoms with Crippen molar-refractivity contribution in [2.24, 2.45) is 0 Å². The van der Waals surface area contributed by atoms with Crippen LogP contribution in [0.3, 0.4) is 0 Å². The van der Waals surface area contributed by atoms with Crippen LogP contribution < -0.4 is 9.46 Å². The average molecular weight is 420 g/mol. The number of alkyl halides is 3. The second-order valence-corrected chi connectivity index (χ2v) is 7.46. The molecule has 0 aromatic heterocycles. The van der Waals surface area contributed by atoms with Crippen LogP contribution >= 0.6 is 15.9 Å². The van der Waals surface area contributed by atoms with Crippen molar-refractivity contribution < 1.29 is 31.1 Å². The first-order chi connectivity index (χ1) is 10.5. The Morgan fingerprint density at radius 2 is 1.96 bits per heavy atom. The van der Waals surface area contributed by atoms with Gasteiger partial charge in [0.05, 0.1) is 6.10 Å². The van der Waals surface area contributed by atoms with Crippen LogP contribution in [0.15, 0.2) is 27.6 Å². The summed E-state index contributed by atoms with van der Waals surface area (Å²) in [5, 5.41) is 0. The predicted octanol–water partition coefficient (Wildman–Crippen LogP) is 3.44. The van der Waals surface area contributed by atoms with E-state index >= 15 is 0 Å². The molecular weight excluding hydrogens is 403 g/mol. The van der Waals surface area contributed by atoms with Gasteiger partial charge in [0.15, 0.2) is 5.75 Å². The van der Waals surface area contributed by atoms with E-state index in [2.05, 4.69) is 25.4 Å². The first kappa shape index (κ1) is 20.2. The molecule has 132 valence electrons. The van der Waals surface area contributed by atoms with E-state index in [1.807, 2.05) is 13.8 Å². The maximum Gasteiger partial charge on any atom is 0.573 e. The van der Waals surface area contributed by atoms with Gasteiger partial charge in [-0.3, -0.25) is 0 Å². The summed E-state index contributed by atoms with van der Waals surface area (Å²) >= 11 is 2.98. The average Bonchev–Trinajstić information content (AvgIpc) is 2.35. The van der Waals surface area contributed by atoms with Gasteiger partial charge in [-0.25, -0.2) is 13.1 Å². The number of rotatable bonds is 8. The number of nitrogens with one attached hydrogen (secondary N) is 1. The van der Waals surface area contributed by atoms with E-state index in [0.717, 1.165) is 12.1 Å². The van der Waals surface area contributed by atoms with Crippen molar-refractivity contribution >= 4 is 26.0 Å². The van der Waals surface area contributed by atoms with Crippen molar-refractivity contribution in [3.05, 3.63) is 22.7 Å². The Kier molecular flexibility index (Phi) is 7.30. The molecule has 5 nitrogen and oxygen atoms in total. The molecular formula is C13H17BrF3NO4S. The van der Waals surface area contributed by atoms with E-state index < -0.39 is 27.0 Å². The monoisotopic (exact) mass is 419 g/mol. The second kappa shape index (κ2) is 8.32. The van der Waals surface area contributed by atoms with E-state index in [-0.39, 0.29) is 17.1 Å². The van der Waals surface area contributed by atoms with Gasteiger partial charge in [0, 0.05) is 17.6 Å². The quantitative estimate of drug-likeness (QED) is 0.655. The second-order valence-electron chi connectivity index (χ2n) is 4.81. The van der Waals surface area contributed by atoms with Crippen LogP contribution in [0.4, 0.5) is 13.2 Å². The minimum Gasteiger partial charge on any atom is -0.404 e. The fourth-order valence-electron chi connectivity index (χ4n) is 1.58. The SMILES string of the molecule is CC(C)OCCCNS(=O)(=O)c1ccc(Br)cc1OC(F)(F)F. The van der Waals surface area contributed by atoms with Crippen LogP contribution in [-0.4, -0.2) is 34.0 Å². The molecule has 0 radical (unpaired) electrons. The molecule has 0 spiro atoms. The maximum atomic E-state index is 12.4. The Morgan fingerprint density at radius 3 is 2.52 bits per heavy atom. The number of hydrogen-bond acceptors (Lipinski definition) is 4. The van der Waals surface area contributed by atoms with Crippen molar-refractivity contribution in [2.45, 2.75) is 37.6 Å². The first-order valence-corrected chi connectivity index (χ1v) is 8.95. The van der Waals surface area contributed by atoms with E-state index in [1.165, 1.54) is 6.07 Å². The first-order valence-electron chi connectivity index (χ1n) is 6.68. The van der Waals surface area contributed by atoms with Gasteiger partial charge in [-0.1, -0.05) is 15.9 Å². The van der Waals surface area contributed by atoms with Gasteiger partial charge < -0.3 is 9.47 Å². The summed E-state index contributed by atoms with van der Waals surface area (Å²) in [6.45, 7) is 4.06. The molecule has 1 rings (SSSR count). The molecule has 0 unspecified atom stereocenters. The van der Waals surface area contributed by atoms with Gasteiger partial charge in [-0.05, 0) is 38.5 Å². The predicted molar refractivity (Wildman–Crippen MR) is 81.7 cm³/mol. The Balaban J connectivity index is 2.83. The molecule has 0 aliphatic rings. The Hall–Kier alpha value is -0.840. The molecule has 0 heterocycles. The fraction of sp³-hybridized carbons (Fsp3) is 0.538. The topological polar surface area (TPSA) is 64.6 Å². The number of hydrogen-bond donors (Lipinski definition) is 1. The molecule has 0 aliphatic carbocycles. The summed E-state index contributed by atoms with van der Waals surface area (Å²) in [4.78, 5) is -0.581. The molecule has 0 amide bonds. The van der Waals surface area contributed by atoms with Gasteiger partial charge >= 0.3 is 6.36 Å². The minimum absolute atomic E-state index is 0.0184. The van der Waals surface area contributed by atoms with Gasteiger partial charge in [0.2, 0.25) is 10.0 Å². The van der Waals surface area contributed by atoms with Crippen molar-refractivity contribution in [1.29, 1.82) is 0 Å². The summed E-state index contributed by atoms with van der Waals surface area (Å²) in [5.41, 5.74) is 0. The number of benzene rings is 1. The highest BCUT2D eigenvalue weighted by molar-refractivity contribution is 9.10. The third-order valence-corrected chi connectivity index (χ3v) is 4.48. The maximum absolute atomic E-state index is 12.4. The number of halogens is 4. The van der Waals surface area contributed by atoms with Crippen LogP contribution in [0.25, 0.3) is 0 Å². The van der Waals surface area contributed by atoms with Gasteiger partial charge in [-0.2, -0.15) is 0 Å². The van der Waals surface area contributed by atoms with Crippen molar-refractivity contribution in [3.63, 3.8) is 0 Å². The van der Waals surface area contributed by atoms with Crippen LogP contribution in [0.1, 0.15) is 20.3 Å². The summed E-state index contributed by atoms with van der Waals surface area (Å²) in [6.07, 6.45) is -4.58. The zero-order valence-corrected chi connectivity index (χ0v) is 14.9. The highest BCUT2D eigenvalue weighted by Gasteiger charge is 2.34. The summed E-state index contributed by atoms with van der Waals surface area (Å²) in [6, 6.07) is 3.31. The van der Waals surface area contributed by atoms with Crippen LogP contribution in [0.5, 0.6) is 5.75 Å². The smallest absolute Gasteiger partial charge is 0.404 e. The normalized spacial score (nSPS) is 12.7. The Labute approximate surface area is 141 Å². The lowest BCUT2D eigenvalue weighted by Crippen LogP contribution is -2.27. The third-order valence-electron chi connectivity index (χ3n) is 2.49. The standard InChI is InChI=1S/C13H17BrF3NO4S/c1-9(2)21-7-3-6-18-23(19,20)12-5-4-10(14)8-11(12)22-13(15,16)17/h4-5,8-9,18H,3,6-7H2,1-2H3. The largest absolute Gasteiger partial charge is 0.573 e. The zero-order valence-electron chi connectivity index (χ0n) is 12.5. The van der Waals surface area contributed by atoms with E-state index in [9.17, 15) is 21.6 Å². The van der Waals surface area contributed by atoms with Crippen molar-refractivity contribution in [1.82, 2.24) is 4.72 Å². The summed E-state index contributed by atoms with van der Waals surface area (Å²) in [7, 11) is -4.13. The number of sulfonamides is 1. The van der Waals surface area contributed by atoms with Crippen LogP contribution in [0.2, 0.25) is 0 Å². The zero-order chi connectivity index (χ0) is 17.7. The molecule has 0 aliphatic heterocycles. The molecule has 0 saturated heterocycles. The molecule has 0 fully saturated rings. The summed E-state index contributed by atoms with van der Waals surface area (Å²) < 4.78 is 73.0. The minimum atomic E-state index is -4.99. The van der Waals surface area contributed by atoms with Crippen LogP contribution in [-0.2, 0) is 14.8 Å². The van der Waals surface area contributed by atoms with E-state index in [4.69, 9.17) is 4.74 Å². The lowest BCUT2D eigenvalue weighted by atomic mass is 10.3. The van der Waals surface area contributed by atoms with Crippen molar-refractivity contribution in [2.75, 3.05) is 13.2 Å². The van der Waals surface area contributed by atoms with Gasteiger partial charge in [-0.15, -0.1) is 13.2 Å². The highest BCUT2D eigenvalue weighted by atomic mass is 79.9. The summed E-state index contributed by atoms with van der Waals surface area (Å²) in [5.74, 6) is -0.794. The third kappa shape index (κ3) is 7.51. The highest BCUT2D eigenvalue weighted by Crippen LogP contribution is 2.32. The number of ether oxygens (including phenoxy) is 2. The molecule has 0 bridgehead atoms. The molecule has 1 aromatic carbocycles. The van der Waals surface area contributed by atoms with Gasteiger partial charge in [0.1, 0.15) is 4.90 Å². The molecule has 10 heteroatoms. The molecule has 1 N–H and O–H groups in total. The van der Waals surface area contributed by atoms with E-state index in [0.29, 0.717) is 13.0 Å². The Bertz CT molecular complexity index is 620. The lowest BCUT2D eigenvalue weighted by molar-refractivity contribution is -0.275. The molecule has 23 heavy (non-hydrogen) atoms. The molecule has 1 aromatic rings. The molecule has 0 atom stereocenters. The molecule has 0 saturated carbocycles. The Morgan fingerprint density at radius 1 is 1.30 bits per heavy atom. The van der Waals surface area contributed by atoms with Crippen molar-refractivity contribution in [3.8, 4) is 5.75 Å². The van der Waals surface area contributed by atoms with Crippen LogP contribution in [0, 0.1) is 0 Å². The van der Waals surface area contributed by atoms with Gasteiger partial charge in [0.25, 0.3) is 0 Å². The van der Waals surface area contributed by atoms with E-state index in [1.54, 1.807) is 0 Å². The lowest BCUT2D eigenvalue weighted by Gasteiger charge is -2.14. The fourth-order valence-corrected chi connectivity index (χ4v) is 3.11.